The van der Waals surface area contributed by atoms with Crippen molar-refractivity contribution in [3.8, 4) is 5.75 Å². The number of nitrogens with zero attached hydrogens (tertiary/aromatic N) is 1. The van der Waals surface area contributed by atoms with Crippen LogP contribution in [0.5, 0.6) is 5.75 Å². The Balaban J connectivity index is 1.59. The molecule has 0 aliphatic carbocycles. The van der Waals surface area contributed by atoms with Crippen LogP contribution in [-0.2, 0) is 19.5 Å². The van der Waals surface area contributed by atoms with Gasteiger partial charge in [-0.1, -0.05) is 24.3 Å². The lowest BCUT2D eigenvalue weighted by Gasteiger charge is -2.21. The van der Waals surface area contributed by atoms with Gasteiger partial charge < -0.3 is 19.4 Å². The summed E-state index contributed by atoms with van der Waals surface area (Å²) in [5, 5.41) is 5.02. The molecule has 2 aromatic heterocycles. The van der Waals surface area contributed by atoms with Crippen molar-refractivity contribution in [1.82, 2.24) is 10.2 Å². The molecule has 0 unspecified atom stereocenters. The SMILES string of the molecule is COc1ccccc1CCNC(=O)N(Cc1ccco1)Cc1cccs1. The van der Waals surface area contributed by atoms with E-state index in [1.54, 1.807) is 29.6 Å². The molecule has 136 valence electrons. The first kappa shape index (κ1) is 18.1. The standard InChI is InChI=1S/C20H22N2O3S/c1-24-19-9-3-2-6-16(19)10-11-21-20(23)22(14-17-7-4-12-25-17)15-18-8-5-13-26-18/h2-9,12-13H,10-11,14-15H2,1H3,(H,21,23). The number of hydrogen-bond acceptors (Lipinski definition) is 4. The number of urea groups is 1. The number of carbonyl (C=O) groups excluding carboxylic acids is 1. The maximum atomic E-state index is 12.7. The molecule has 0 fully saturated rings. The summed E-state index contributed by atoms with van der Waals surface area (Å²) in [6.07, 6.45) is 2.33. The van der Waals surface area contributed by atoms with E-state index < -0.39 is 0 Å². The second-order valence-corrected chi connectivity index (χ2v) is 6.84. The van der Waals surface area contributed by atoms with E-state index in [0.717, 1.165) is 22.0 Å². The summed E-state index contributed by atoms with van der Waals surface area (Å²) in [6.45, 7) is 1.53. The predicted molar refractivity (Wildman–Crippen MR) is 102 cm³/mol. The third-order valence-corrected chi connectivity index (χ3v) is 4.87. The fraction of sp³-hybridized carbons (Fsp3) is 0.250. The van der Waals surface area contributed by atoms with E-state index in [1.165, 1.54) is 0 Å². The van der Waals surface area contributed by atoms with Gasteiger partial charge in [0.25, 0.3) is 0 Å². The van der Waals surface area contributed by atoms with Crippen molar-refractivity contribution in [3.63, 3.8) is 0 Å². The van der Waals surface area contributed by atoms with Gasteiger partial charge in [0.15, 0.2) is 0 Å². The molecule has 0 saturated carbocycles. The first-order valence-electron chi connectivity index (χ1n) is 8.45. The molecule has 0 aliphatic heterocycles. The summed E-state index contributed by atoms with van der Waals surface area (Å²) in [5.74, 6) is 1.61. The summed E-state index contributed by atoms with van der Waals surface area (Å²) in [7, 11) is 1.66. The Kier molecular flexibility index (Phi) is 6.33. The van der Waals surface area contributed by atoms with Gasteiger partial charge in [-0.15, -0.1) is 11.3 Å². The van der Waals surface area contributed by atoms with Gasteiger partial charge in [-0.25, -0.2) is 4.79 Å². The highest BCUT2D eigenvalue weighted by atomic mass is 32.1. The van der Waals surface area contributed by atoms with Crippen molar-refractivity contribution in [2.75, 3.05) is 13.7 Å². The van der Waals surface area contributed by atoms with Crippen molar-refractivity contribution < 1.29 is 13.9 Å². The molecule has 26 heavy (non-hydrogen) atoms. The minimum Gasteiger partial charge on any atom is -0.496 e. The highest BCUT2D eigenvalue weighted by Gasteiger charge is 2.16. The van der Waals surface area contributed by atoms with E-state index in [1.807, 2.05) is 53.9 Å². The number of amides is 2. The van der Waals surface area contributed by atoms with Gasteiger partial charge in [0.2, 0.25) is 0 Å². The third kappa shape index (κ3) is 4.89. The van der Waals surface area contributed by atoms with Gasteiger partial charge in [-0.05, 0) is 41.6 Å². The predicted octanol–water partition coefficient (Wildman–Crippen LogP) is 4.30. The largest absolute Gasteiger partial charge is 0.496 e. The van der Waals surface area contributed by atoms with Gasteiger partial charge in [-0.2, -0.15) is 0 Å². The topological polar surface area (TPSA) is 54.7 Å². The number of thiophene rings is 1. The van der Waals surface area contributed by atoms with E-state index in [4.69, 9.17) is 9.15 Å². The van der Waals surface area contributed by atoms with E-state index in [0.29, 0.717) is 26.1 Å². The van der Waals surface area contributed by atoms with Crippen molar-refractivity contribution in [2.24, 2.45) is 0 Å². The van der Waals surface area contributed by atoms with E-state index in [-0.39, 0.29) is 6.03 Å². The Morgan fingerprint density at radius 3 is 2.77 bits per heavy atom. The molecular weight excluding hydrogens is 348 g/mol. The maximum absolute atomic E-state index is 12.7. The minimum atomic E-state index is -0.107. The lowest BCUT2D eigenvalue weighted by Crippen LogP contribution is -2.39. The van der Waals surface area contributed by atoms with Crippen molar-refractivity contribution in [1.29, 1.82) is 0 Å². The lowest BCUT2D eigenvalue weighted by molar-refractivity contribution is 0.188. The second-order valence-electron chi connectivity index (χ2n) is 5.81. The molecule has 0 bridgehead atoms. The van der Waals surface area contributed by atoms with Crippen LogP contribution in [0.25, 0.3) is 0 Å². The van der Waals surface area contributed by atoms with Crippen LogP contribution < -0.4 is 10.1 Å². The molecule has 0 radical (unpaired) electrons. The molecule has 3 aromatic rings. The van der Waals surface area contributed by atoms with Gasteiger partial charge in [-0.3, -0.25) is 0 Å². The van der Waals surface area contributed by atoms with E-state index in [2.05, 4.69) is 5.32 Å². The first-order chi connectivity index (χ1) is 12.8. The molecule has 0 saturated heterocycles. The van der Waals surface area contributed by atoms with Crippen LogP contribution in [0, 0.1) is 0 Å². The fourth-order valence-electron chi connectivity index (χ4n) is 2.71. The molecular formula is C20H22N2O3S. The van der Waals surface area contributed by atoms with Crippen molar-refractivity contribution >= 4 is 17.4 Å². The van der Waals surface area contributed by atoms with Gasteiger partial charge in [0, 0.05) is 11.4 Å². The number of nitrogens with one attached hydrogen (secondary N) is 1. The Bertz CT molecular complexity index is 764. The number of rotatable bonds is 8. The van der Waals surface area contributed by atoms with Crippen molar-refractivity contribution in [3.05, 3.63) is 76.4 Å². The zero-order valence-electron chi connectivity index (χ0n) is 14.7. The average Bonchev–Trinajstić information content (AvgIpc) is 3.35. The monoisotopic (exact) mass is 370 g/mol. The van der Waals surface area contributed by atoms with Gasteiger partial charge in [0.1, 0.15) is 11.5 Å². The quantitative estimate of drug-likeness (QED) is 0.643. The number of carbonyl (C=O) groups is 1. The zero-order valence-corrected chi connectivity index (χ0v) is 15.5. The van der Waals surface area contributed by atoms with Crippen LogP contribution >= 0.6 is 11.3 Å². The Labute approximate surface area is 157 Å². The normalized spacial score (nSPS) is 10.5. The summed E-state index contributed by atoms with van der Waals surface area (Å²) < 4.78 is 10.8. The van der Waals surface area contributed by atoms with Gasteiger partial charge >= 0.3 is 6.03 Å². The number of benzene rings is 1. The van der Waals surface area contributed by atoms with Gasteiger partial charge in [0.05, 0.1) is 26.5 Å². The summed E-state index contributed by atoms with van der Waals surface area (Å²) >= 11 is 1.64. The second kappa shape index (κ2) is 9.10. The van der Waals surface area contributed by atoms with Crippen LogP contribution in [0.2, 0.25) is 0 Å². The smallest absolute Gasteiger partial charge is 0.318 e. The zero-order chi connectivity index (χ0) is 18.2. The number of ether oxygens (including phenoxy) is 1. The number of para-hydroxylation sites is 1. The fourth-order valence-corrected chi connectivity index (χ4v) is 3.43. The van der Waals surface area contributed by atoms with Crippen molar-refractivity contribution in [2.45, 2.75) is 19.5 Å². The Hall–Kier alpha value is -2.73. The third-order valence-electron chi connectivity index (χ3n) is 4.00. The number of furan rings is 1. The summed E-state index contributed by atoms with van der Waals surface area (Å²) in [6, 6.07) is 15.5. The van der Waals surface area contributed by atoms with E-state index in [9.17, 15) is 4.79 Å². The van der Waals surface area contributed by atoms with Crippen LogP contribution in [0.3, 0.4) is 0 Å². The highest BCUT2D eigenvalue weighted by Crippen LogP contribution is 2.18. The number of methoxy groups -OCH3 is 1. The first-order valence-corrected chi connectivity index (χ1v) is 9.33. The van der Waals surface area contributed by atoms with Crippen LogP contribution in [0.1, 0.15) is 16.2 Å². The van der Waals surface area contributed by atoms with Crippen LogP contribution in [0.4, 0.5) is 4.79 Å². The Morgan fingerprint density at radius 2 is 2.04 bits per heavy atom. The molecule has 0 atom stereocenters. The lowest BCUT2D eigenvalue weighted by atomic mass is 10.1. The molecule has 0 spiro atoms. The molecule has 6 heteroatoms. The molecule has 0 aliphatic rings. The molecule has 3 rings (SSSR count). The average molecular weight is 370 g/mol. The molecule has 5 nitrogen and oxygen atoms in total. The summed E-state index contributed by atoms with van der Waals surface area (Å²) in [5.41, 5.74) is 1.08. The Morgan fingerprint density at radius 1 is 1.15 bits per heavy atom. The van der Waals surface area contributed by atoms with Crippen LogP contribution in [0.15, 0.2) is 64.6 Å². The highest BCUT2D eigenvalue weighted by molar-refractivity contribution is 7.09. The summed E-state index contributed by atoms with van der Waals surface area (Å²) in [4.78, 5) is 15.6. The number of hydrogen-bond donors (Lipinski definition) is 1. The molecule has 1 N–H and O–H groups in total. The molecule has 1 aromatic carbocycles. The van der Waals surface area contributed by atoms with E-state index >= 15 is 0 Å². The molecule has 2 heterocycles. The maximum Gasteiger partial charge on any atom is 0.318 e. The van der Waals surface area contributed by atoms with Crippen LogP contribution in [-0.4, -0.2) is 24.6 Å². The molecule has 2 amide bonds. The minimum absolute atomic E-state index is 0.107.